The molecule has 2 atom stereocenters. The summed E-state index contributed by atoms with van der Waals surface area (Å²) in [5.41, 5.74) is 4.06. The number of nitrogens with zero attached hydrogens (tertiary/aromatic N) is 1. The second-order valence-electron chi connectivity index (χ2n) is 4.61. The van der Waals surface area contributed by atoms with Crippen LogP contribution in [0.3, 0.4) is 0 Å². The van der Waals surface area contributed by atoms with Crippen LogP contribution in [0.5, 0.6) is 0 Å². The van der Waals surface area contributed by atoms with E-state index in [2.05, 4.69) is 16.5 Å². The van der Waals surface area contributed by atoms with Crippen LogP contribution >= 0.6 is 0 Å². The van der Waals surface area contributed by atoms with Gasteiger partial charge >= 0.3 is 0 Å². The first-order chi connectivity index (χ1) is 8.40. The predicted molar refractivity (Wildman–Crippen MR) is 67.2 cm³/mol. The molecule has 1 aromatic rings. The maximum Gasteiger partial charge on any atom is 0.0509 e. The van der Waals surface area contributed by atoms with Crippen molar-refractivity contribution >= 4 is 0 Å². The van der Waals surface area contributed by atoms with Crippen LogP contribution in [0.15, 0.2) is 24.4 Å². The predicted octanol–water partition coefficient (Wildman–Crippen LogP) is 1.27. The third-order valence-electron chi connectivity index (χ3n) is 3.42. The Labute approximate surface area is 103 Å². The number of rotatable bonds is 5. The normalized spacial score (nSPS) is 22.3. The minimum absolute atomic E-state index is 0.331. The molecule has 0 bridgehead atoms. The van der Waals surface area contributed by atoms with E-state index in [1.807, 2.05) is 18.3 Å². The Morgan fingerprint density at radius 2 is 2.47 bits per heavy atom. The molecule has 1 aliphatic heterocycles. The average Bonchev–Trinajstić information content (AvgIpc) is 2.42. The summed E-state index contributed by atoms with van der Waals surface area (Å²) >= 11 is 0. The second-order valence-corrected chi connectivity index (χ2v) is 4.61. The lowest BCUT2D eigenvalue weighted by atomic mass is 9.90. The molecule has 0 saturated carbocycles. The smallest absolute Gasteiger partial charge is 0.0509 e. The molecule has 0 spiro atoms. The molecule has 94 valence electrons. The van der Waals surface area contributed by atoms with Gasteiger partial charge in [0.05, 0.1) is 6.61 Å². The molecule has 0 aromatic carbocycles. The van der Waals surface area contributed by atoms with Crippen LogP contribution < -0.4 is 11.3 Å². The van der Waals surface area contributed by atoms with Gasteiger partial charge in [0, 0.05) is 24.5 Å². The van der Waals surface area contributed by atoms with Crippen LogP contribution in [-0.2, 0) is 11.2 Å². The number of nitrogens with two attached hydrogens (primary N) is 1. The van der Waals surface area contributed by atoms with Crippen molar-refractivity contribution in [3.63, 3.8) is 0 Å². The van der Waals surface area contributed by atoms with Gasteiger partial charge in [0.25, 0.3) is 0 Å². The van der Waals surface area contributed by atoms with E-state index in [4.69, 9.17) is 10.6 Å². The summed E-state index contributed by atoms with van der Waals surface area (Å²) in [6.45, 7) is 1.73. The molecular weight excluding hydrogens is 214 g/mol. The third-order valence-corrected chi connectivity index (χ3v) is 3.42. The van der Waals surface area contributed by atoms with Crippen molar-refractivity contribution in [2.75, 3.05) is 13.2 Å². The fraction of sp³-hybridized carbons (Fsp3) is 0.615. The first-order valence-corrected chi connectivity index (χ1v) is 6.34. The van der Waals surface area contributed by atoms with Crippen LogP contribution in [0.1, 0.15) is 25.0 Å². The number of nitrogens with one attached hydrogen (secondary N) is 1. The number of ether oxygens (including phenoxy) is 1. The third kappa shape index (κ3) is 3.77. The van der Waals surface area contributed by atoms with E-state index in [0.29, 0.717) is 12.0 Å². The number of pyridine rings is 1. The van der Waals surface area contributed by atoms with Crippen molar-refractivity contribution in [1.82, 2.24) is 10.4 Å². The Bertz CT molecular complexity index is 312. The molecule has 1 fully saturated rings. The van der Waals surface area contributed by atoms with E-state index in [-0.39, 0.29) is 0 Å². The second kappa shape index (κ2) is 6.69. The largest absolute Gasteiger partial charge is 0.381 e. The zero-order valence-corrected chi connectivity index (χ0v) is 10.1. The molecule has 2 heterocycles. The number of aryl methyl sites for hydroxylation is 1. The Morgan fingerprint density at radius 3 is 3.12 bits per heavy atom. The van der Waals surface area contributed by atoms with Crippen molar-refractivity contribution < 1.29 is 4.74 Å². The zero-order chi connectivity index (χ0) is 11.9. The summed E-state index contributed by atoms with van der Waals surface area (Å²) in [4.78, 5) is 4.33. The Kier molecular flexibility index (Phi) is 4.91. The summed E-state index contributed by atoms with van der Waals surface area (Å²) in [5, 5.41) is 0. The fourth-order valence-electron chi connectivity index (χ4n) is 2.39. The van der Waals surface area contributed by atoms with E-state index in [9.17, 15) is 0 Å². The summed E-state index contributed by atoms with van der Waals surface area (Å²) in [7, 11) is 0. The van der Waals surface area contributed by atoms with Gasteiger partial charge in [-0.05, 0) is 43.7 Å². The van der Waals surface area contributed by atoms with E-state index >= 15 is 0 Å². The van der Waals surface area contributed by atoms with Crippen LogP contribution in [0, 0.1) is 5.92 Å². The van der Waals surface area contributed by atoms with E-state index in [0.717, 1.165) is 38.2 Å². The van der Waals surface area contributed by atoms with Gasteiger partial charge in [-0.1, -0.05) is 6.07 Å². The summed E-state index contributed by atoms with van der Waals surface area (Å²) in [6, 6.07) is 6.36. The lowest BCUT2D eigenvalue weighted by Gasteiger charge is -2.29. The molecule has 1 aliphatic rings. The minimum Gasteiger partial charge on any atom is -0.381 e. The van der Waals surface area contributed by atoms with Gasteiger partial charge in [-0.25, -0.2) is 0 Å². The van der Waals surface area contributed by atoms with Crippen molar-refractivity contribution in [2.24, 2.45) is 11.8 Å². The Balaban J connectivity index is 1.82. The average molecular weight is 235 g/mol. The molecule has 1 saturated heterocycles. The highest BCUT2D eigenvalue weighted by Gasteiger charge is 2.23. The molecule has 17 heavy (non-hydrogen) atoms. The van der Waals surface area contributed by atoms with E-state index in [1.165, 1.54) is 6.42 Å². The van der Waals surface area contributed by atoms with Crippen molar-refractivity contribution in [3.8, 4) is 0 Å². The van der Waals surface area contributed by atoms with Crippen LogP contribution in [0.2, 0.25) is 0 Å². The highest BCUT2D eigenvalue weighted by atomic mass is 16.5. The number of aromatic nitrogens is 1. The quantitative estimate of drug-likeness (QED) is 0.596. The van der Waals surface area contributed by atoms with Crippen LogP contribution in [0.25, 0.3) is 0 Å². The monoisotopic (exact) mass is 235 g/mol. The topological polar surface area (TPSA) is 60.2 Å². The van der Waals surface area contributed by atoms with Crippen LogP contribution in [0.4, 0.5) is 0 Å². The molecule has 2 rings (SSSR count). The van der Waals surface area contributed by atoms with Gasteiger partial charge in [0.15, 0.2) is 0 Å². The molecule has 2 unspecified atom stereocenters. The standard InChI is InChI=1S/C13H21N3O/c14-16-13(11-4-3-9-17-10-11)7-6-12-5-1-2-8-15-12/h1-2,5,8,11,13,16H,3-4,6-7,9-10,14H2. The maximum atomic E-state index is 5.64. The lowest BCUT2D eigenvalue weighted by Crippen LogP contribution is -2.44. The molecular formula is C13H21N3O. The van der Waals surface area contributed by atoms with E-state index < -0.39 is 0 Å². The number of hydrogen-bond acceptors (Lipinski definition) is 4. The van der Waals surface area contributed by atoms with Gasteiger partial charge in [0.2, 0.25) is 0 Å². The number of hydrogen-bond donors (Lipinski definition) is 2. The van der Waals surface area contributed by atoms with E-state index in [1.54, 1.807) is 0 Å². The highest BCUT2D eigenvalue weighted by molar-refractivity contribution is 5.03. The zero-order valence-electron chi connectivity index (χ0n) is 10.1. The first-order valence-electron chi connectivity index (χ1n) is 6.34. The molecule has 4 nitrogen and oxygen atoms in total. The van der Waals surface area contributed by atoms with Crippen molar-refractivity contribution in [2.45, 2.75) is 31.7 Å². The molecule has 3 N–H and O–H groups in total. The lowest BCUT2D eigenvalue weighted by molar-refractivity contribution is 0.0379. The van der Waals surface area contributed by atoms with Crippen LogP contribution in [-0.4, -0.2) is 24.2 Å². The SMILES string of the molecule is NNC(CCc1ccccn1)C1CCCOC1. The number of hydrazine groups is 1. The summed E-state index contributed by atoms with van der Waals surface area (Å²) in [6.07, 6.45) is 6.17. The molecule has 4 heteroatoms. The fourth-order valence-corrected chi connectivity index (χ4v) is 2.39. The van der Waals surface area contributed by atoms with Crippen molar-refractivity contribution in [1.29, 1.82) is 0 Å². The summed E-state index contributed by atoms with van der Waals surface area (Å²) in [5.74, 6) is 6.18. The van der Waals surface area contributed by atoms with Gasteiger partial charge in [-0.15, -0.1) is 0 Å². The first kappa shape index (κ1) is 12.5. The minimum atomic E-state index is 0.331. The van der Waals surface area contributed by atoms with Gasteiger partial charge in [0.1, 0.15) is 0 Å². The maximum absolute atomic E-state index is 5.64. The highest BCUT2D eigenvalue weighted by Crippen LogP contribution is 2.20. The van der Waals surface area contributed by atoms with Crippen molar-refractivity contribution in [3.05, 3.63) is 30.1 Å². The van der Waals surface area contributed by atoms with Gasteiger partial charge < -0.3 is 4.74 Å². The molecule has 0 amide bonds. The molecule has 0 aliphatic carbocycles. The summed E-state index contributed by atoms with van der Waals surface area (Å²) < 4.78 is 5.51. The molecule has 0 radical (unpaired) electrons. The Hall–Kier alpha value is -0.970. The Morgan fingerprint density at radius 1 is 1.53 bits per heavy atom. The van der Waals surface area contributed by atoms with Gasteiger partial charge in [-0.3, -0.25) is 16.3 Å². The van der Waals surface area contributed by atoms with Gasteiger partial charge in [-0.2, -0.15) is 0 Å². The molecule has 1 aromatic heterocycles.